The van der Waals surface area contributed by atoms with Crippen LogP contribution >= 0.6 is 0 Å². The Morgan fingerprint density at radius 3 is 2.44 bits per heavy atom. The summed E-state index contributed by atoms with van der Waals surface area (Å²) >= 11 is 0. The van der Waals surface area contributed by atoms with Gasteiger partial charge in [-0.1, -0.05) is 51.1 Å². The summed E-state index contributed by atoms with van der Waals surface area (Å²) in [6.45, 7) is 5.55. The molecule has 0 saturated carbocycles. The van der Waals surface area contributed by atoms with Crippen molar-refractivity contribution in [2.75, 3.05) is 0 Å². The smallest absolute Gasteiger partial charge is 0.246 e. The quantitative estimate of drug-likeness (QED) is 0.824. The molecule has 2 amide bonds. The van der Waals surface area contributed by atoms with Crippen molar-refractivity contribution < 1.29 is 9.59 Å². The minimum Gasteiger partial charge on any atom is -0.273 e. The Kier molecular flexibility index (Phi) is 3.11. The van der Waals surface area contributed by atoms with Crippen molar-refractivity contribution in [3.05, 3.63) is 35.9 Å². The highest BCUT2D eigenvalue weighted by Gasteiger charge is 2.39. The molecule has 1 atom stereocenters. The van der Waals surface area contributed by atoms with E-state index in [2.05, 4.69) is 5.43 Å². The molecule has 0 radical (unpaired) electrons. The minimum absolute atomic E-state index is 0.0674. The number of hydrogen-bond donors (Lipinski definition) is 1. The van der Waals surface area contributed by atoms with Crippen LogP contribution in [0.2, 0.25) is 0 Å². The van der Waals surface area contributed by atoms with Crippen LogP contribution in [0.4, 0.5) is 0 Å². The number of hydrogen-bond acceptors (Lipinski definition) is 2. The molecular weight excluding hydrogens is 228 g/mol. The molecule has 1 aromatic rings. The predicted molar refractivity (Wildman–Crippen MR) is 68.2 cm³/mol. The monoisotopic (exact) mass is 246 g/mol. The van der Waals surface area contributed by atoms with E-state index < -0.39 is 5.41 Å². The van der Waals surface area contributed by atoms with Crippen molar-refractivity contribution in [3.63, 3.8) is 0 Å². The van der Waals surface area contributed by atoms with Crippen LogP contribution in [0.3, 0.4) is 0 Å². The second-order valence-electron chi connectivity index (χ2n) is 5.59. The van der Waals surface area contributed by atoms with Crippen molar-refractivity contribution >= 4 is 11.8 Å². The van der Waals surface area contributed by atoms with Gasteiger partial charge >= 0.3 is 0 Å². The molecule has 0 aromatic heterocycles. The lowest BCUT2D eigenvalue weighted by molar-refractivity contribution is -0.145. The van der Waals surface area contributed by atoms with Crippen LogP contribution in [-0.2, 0) is 9.59 Å². The summed E-state index contributed by atoms with van der Waals surface area (Å²) in [5.74, 6) is -0.177. The molecule has 4 nitrogen and oxygen atoms in total. The van der Waals surface area contributed by atoms with Gasteiger partial charge in [-0.15, -0.1) is 0 Å². The highest BCUT2D eigenvalue weighted by atomic mass is 16.2. The molecule has 2 rings (SSSR count). The Balaban J connectivity index is 2.29. The third kappa shape index (κ3) is 2.37. The fourth-order valence-electron chi connectivity index (χ4n) is 2.02. The average molecular weight is 246 g/mol. The molecule has 0 spiro atoms. The molecule has 1 aliphatic rings. The zero-order chi connectivity index (χ0) is 13.3. The van der Waals surface area contributed by atoms with Gasteiger partial charge in [-0.2, -0.15) is 0 Å². The first-order chi connectivity index (χ1) is 8.39. The fraction of sp³-hybridized carbons (Fsp3) is 0.429. The van der Waals surface area contributed by atoms with Gasteiger partial charge in [0.1, 0.15) is 0 Å². The lowest BCUT2D eigenvalue weighted by Crippen LogP contribution is -2.45. The maximum absolute atomic E-state index is 12.3. The van der Waals surface area contributed by atoms with E-state index in [-0.39, 0.29) is 17.9 Å². The Bertz CT molecular complexity index is 462. The second-order valence-corrected chi connectivity index (χ2v) is 5.59. The van der Waals surface area contributed by atoms with Gasteiger partial charge < -0.3 is 0 Å². The van der Waals surface area contributed by atoms with Crippen molar-refractivity contribution in [1.29, 1.82) is 0 Å². The molecule has 0 aliphatic carbocycles. The van der Waals surface area contributed by atoms with Gasteiger partial charge in [-0.25, -0.2) is 5.01 Å². The molecule has 4 heteroatoms. The van der Waals surface area contributed by atoms with Gasteiger partial charge in [0.05, 0.1) is 12.5 Å². The second kappa shape index (κ2) is 4.44. The molecule has 96 valence electrons. The maximum Gasteiger partial charge on any atom is 0.246 e. The third-order valence-corrected chi connectivity index (χ3v) is 2.98. The zero-order valence-electron chi connectivity index (χ0n) is 10.9. The van der Waals surface area contributed by atoms with E-state index in [1.54, 1.807) is 0 Å². The molecule has 1 aromatic carbocycles. The Labute approximate surface area is 107 Å². The molecule has 0 bridgehead atoms. The number of amides is 2. The summed E-state index contributed by atoms with van der Waals surface area (Å²) in [6.07, 6.45) is 0.325. The van der Waals surface area contributed by atoms with Crippen molar-refractivity contribution in [1.82, 2.24) is 10.4 Å². The van der Waals surface area contributed by atoms with Crippen LogP contribution in [-0.4, -0.2) is 16.8 Å². The van der Waals surface area contributed by atoms with Crippen LogP contribution in [0.25, 0.3) is 0 Å². The lowest BCUT2D eigenvalue weighted by atomic mass is 9.94. The van der Waals surface area contributed by atoms with Crippen LogP contribution in [0.1, 0.15) is 38.8 Å². The highest BCUT2D eigenvalue weighted by Crippen LogP contribution is 2.31. The summed E-state index contributed by atoms with van der Waals surface area (Å²) in [7, 11) is 0. The number of rotatable bonds is 1. The summed E-state index contributed by atoms with van der Waals surface area (Å²) in [5, 5.41) is 1.47. The summed E-state index contributed by atoms with van der Waals surface area (Å²) in [6, 6.07) is 9.42. The van der Waals surface area contributed by atoms with Gasteiger partial charge in [0.15, 0.2) is 0 Å². The number of carbonyl (C=O) groups is 2. The summed E-state index contributed by atoms with van der Waals surface area (Å²) in [5.41, 5.74) is 3.12. The van der Waals surface area contributed by atoms with Gasteiger partial charge in [-0.3, -0.25) is 15.0 Å². The van der Waals surface area contributed by atoms with E-state index in [9.17, 15) is 9.59 Å². The van der Waals surface area contributed by atoms with E-state index in [0.717, 1.165) is 5.56 Å². The maximum atomic E-state index is 12.3. The van der Waals surface area contributed by atoms with Crippen molar-refractivity contribution in [3.8, 4) is 0 Å². The number of benzene rings is 1. The van der Waals surface area contributed by atoms with Gasteiger partial charge in [0.25, 0.3) is 0 Å². The van der Waals surface area contributed by atoms with Crippen LogP contribution in [0.5, 0.6) is 0 Å². The van der Waals surface area contributed by atoms with Crippen LogP contribution in [0, 0.1) is 5.41 Å². The van der Waals surface area contributed by atoms with E-state index >= 15 is 0 Å². The lowest BCUT2D eigenvalue weighted by Gasteiger charge is -2.29. The summed E-state index contributed by atoms with van der Waals surface area (Å²) in [4.78, 5) is 23.9. The van der Waals surface area contributed by atoms with Crippen LogP contribution < -0.4 is 5.43 Å². The zero-order valence-corrected chi connectivity index (χ0v) is 10.9. The van der Waals surface area contributed by atoms with E-state index in [1.165, 1.54) is 5.01 Å². The number of carbonyl (C=O) groups excluding carboxylic acids is 2. The molecular formula is C14H18N2O2. The highest BCUT2D eigenvalue weighted by molar-refractivity contribution is 5.88. The molecule has 1 aliphatic heterocycles. The van der Waals surface area contributed by atoms with Gasteiger partial charge in [-0.05, 0) is 5.56 Å². The van der Waals surface area contributed by atoms with Crippen LogP contribution in [0.15, 0.2) is 30.3 Å². The standard InChI is InChI=1S/C14H18N2O2/c1-14(2,3)13(18)16-11(9-12(17)15-16)10-7-5-4-6-8-10/h4-8,11H,9H2,1-3H3,(H,15,17)/t11-/m0/s1. The largest absolute Gasteiger partial charge is 0.273 e. The molecule has 1 saturated heterocycles. The molecule has 1 heterocycles. The first-order valence-corrected chi connectivity index (χ1v) is 6.07. The predicted octanol–water partition coefficient (Wildman–Crippen LogP) is 2.04. The number of hydrazine groups is 1. The number of nitrogens with zero attached hydrogens (tertiary/aromatic N) is 1. The van der Waals surface area contributed by atoms with E-state index in [1.807, 2.05) is 51.1 Å². The first-order valence-electron chi connectivity index (χ1n) is 6.07. The Morgan fingerprint density at radius 1 is 1.28 bits per heavy atom. The Hall–Kier alpha value is -1.84. The van der Waals surface area contributed by atoms with Crippen molar-refractivity contribution in [2.24, 2.45) is 5.41 Å². The average Bonchev–Trinajstić information content (AvgIpc) is 2.70. The molecule has 18 heavy (non-hydrogen) atoms. The first kappa shape index (κ1) is 12.6. The Morgan fingerprint density at radius 2 is 1.89 bits per heavy atom. The molecule has 1 fully saturated rings. The fourth-order valence-corrected chi connectivity index (χ4v) is 2.02. The molecule has 0 unspecified atom stereocenters. The third-order valence-electron chi connectivity index (χ3n) is 2.98. The van der Waals surface area contributed by atoms with E-state index in [4.69, 9.17) is 0 Å². The molecule has 1 N–H and O–H groups in total. The van der Waals surface area contributed by atoms with Gasteiger partial charge in [0, 0.05) is 5.41 Å². The van der Waals surface area contributed by atoms with Gasteiger partial charge in [0.2, 0.25) is 11.8 Å². The topological polar surface area (TPSA) is 49.4 Å². The minimum atomic E-state index is -0.509. The van der Waals surface area contributed by atoms with Crippen molar-refractivity contribution in [2.45, 2.75) is 33.2 Å². The van der Waals surface area contributed by atoms with E-state index in [0.29, 0.717) is 6.42 Å². The normalized spacial score (nSPS) is 19.8. The SMILES string of the molecule is CC(C)(C)C(=O)N1NC(=O)C[C@H]1c1ccccc1. The number of nitrogens with one attached hydrogen (secondary N) is 1. The summed E-state index contributed by atoms with van der Waals surface area (Å²) < 4.78 is 0.